The third-order valence-electron chi connectivity index (χ3n) is 3.47. The van der Waals surface area contributed by atoms with Gasteiger partial charge in [0.05, 0.1) is 11.6 Å². The van der Waals surface area contributed by atoms with Crippen molar-refractivity contribution in [1.29, 1.82) is 0 Å². The first-order valence-electron chi connectivity index (χ1n) is 6.37. The van der Waals surface area contributed by atoms with E-state index in [0.29, 0.717) is 23.2 Å². The van der Waals surface area contributed by atoms with Crippen molar-refractivity contribution in [2.24, 2.45) is 0 Å². The van der Waals surface area contributed by atoms with Gasteiger partial charge in [0.15, 0.2) is 11.5 Å². The molecule has 0 amide bonds. The molecule has 108 valence electrons. The van der Waals surface area contributed by atoms with Crippen molar-refractivity contribution in [2.45, 2.75) is 38.8 Å². The standard InChI is InChI=1S/C14H22BrNO3/c1-4-14(2,5-6-17)16-9-10-7-11(15)13(18)12(8-10)19-3/h7-8,16-18H,4-6,9H2,1-3H3. The maximum absolute atomic E-state index is 9.76. The molecule has 5 heteroatoms. The molecule has 19 heavy (non-hydrogen) atoms. The Kier molecular flexibility index (Phi) is 6.10. The zero-order valence-electron chi connectivity index (χ0n) is 11.7. The summed E-state index contributed by atoms with van der Waals surface area (Å²) in [5, 5.41) is 22.3. The highest BCUT2D eigenvalue weighted by molar-refractivity contribution is 9.10. The molecule has 1 aromatic rings. The Morgan fingerprint density at radius 2 is 2.11 bits per heavy atom. The van der Waals surface area contributed by atoms with Crippen LogP contribution in [0.2, 0.25) is 0 Å². The number of aromatic hydroxyl groups is 1. The molecular weight excluding hydrogens is 310 g/mol. The van der Waals surface area contributed by atoms with Crippen LogP contribution < -0.4 is 10.1 Å². The molecule has 1 aromatic carbocycles. The van der Waals surface area contributed by atoms with Crippen LogP contribution in [-0.4, -0.2) is 29.5 Å². The summed E-state index contributed by atoms with van der Waals surface area (Å²) in [4.78, 5) is 0. The number of halogens is 1. The van der Waals surface area contributed by atoms with E-state index in [-0.39, 0.29) is 17.9 Å². The number of methoxy groups -OCH3 is 1. The molecule has 0 fully saturated rings. The fourth-order valence-electron chi connectivity index (χ4n) is 1.84. The van der Waals surface area contributed by atoms with Crippen LogP contribution in [0, 0.1) is 0 Å². The normalized spacial score (nSPS) is 14.2. The molecule has 1 rings (SSSR count). The van der Waals surface area contributed by atoms with Crippen LogP contribution in [0.4, 0.5) is 0 Å². The van der Waals surface area contributed by atoms with E-state index in [9.17, 15) is 5.11 Å². The summed E-state index contributed by atoms with van der Waals surface area (Å²) in [6.45, 7) is 5.01. The molecule has 1 atom stereocenters. The van der Waals surface area contributed by atoms with Crippen LogP contribution in [0.15, 0.2) is 16.6 Å². The average molecular weight is 332 g/mol. The number of hydrogen-bond donors (Lipinski definition) is 3. The minimum absolute atomic E-state index is 0.0909. The molecule has 0 aliphatic rings. The molecule has 0 heterocycles. The average Bonchev–Trinajstić information content (AvgIpc) is 2.40. The number of phenolic OH excluding ortho intramolecular Hbond substituents is 1. The van der Waals surface area contributed by atoms with Crippen LogP contribution >= 0.6 is 15.9 Å². The number of benzene rings is 1. The molecule has 0 aliphatic carbocycles. The van der Waals surface area contributed by atoms with E-state index in [1.165, 1.54) is 7.11 Å². The number of rotatable bonds is 7. The fraction of sp³-hybridized carbons (Fsp3) is 0.571. The third kappa shape index (κ3) is 4.37. The zero-order chi connectivity index (χ0) is 14.5. The molecule has 0 radical (unpaired) electrons. The highest BCUT2D eigenvalue weighted by Gasteiger charge is 2.20. The van der Waals surface area contributed by atoms with Crippen LogP contribution in [0.25, 0.3) is 0 Å². The number of aliphatic hydroxyl groups excluding tert-OH is 1. The van der Waals surface area contributed by atoms with Crippen molar-refractivity contribution in [1.82, 2.24) is 5.32 Å². The Bertz CT molecular complexity index is 425. The van der Waals surface area contributed by atoms with E-state index in [1.54, 1.807) is 0 Å². The van der Waals surface area contributed by atoms with E-state index in [4.69, 9.17) is 9.84 Å². The molecule has 0 spiro atoms. The fourth-order valence-corrected chi connectivity index (χ4v) is 2.33. The minimum atomic E-state index is -0.0909. The van der Waals surface area contributed by atoms with Crippen molar-refractivity contribution in [3.05, 3.63) is 22.2 Å². The SMILES string of the molecule is CCC(C)(CCO)NCc1cc(Br)c(O)c(OC)c1. The van der Waals surface area contributed by atoms with Crippen LogP contribution in [-0.2, 0) is 6.54 Å². The van der Waals surface area contributed by atoms with Gasteiger partial charge in [-0.25, -0.2) is 0 Å². The molecule has 1 unspecified atom stereocenters. The highest BCUT2D eigenvalue weighted by atomic mass is 79.9. The van der Waals surface area contributed by atoms with Crippen LogP contribution in [0.1, 0.15) is 32.3 Å². The van der Waals surface area contributed by atoms with Crippen LogP contribution in [0.5, 0.6) is 11.5 Å². The molecule has 4 nitrogen and oxygen atoms in total. The summed E-state index contributed by atoms with van der Waals surface area (Å²) in [5.41, 5.74) is 0.922. The topological polar surface area (TPSA) is 61.7 Å². The second kappa shape index (κ2) is 7.12. The van der Waals surface area contributed by atoms with Crippen LogP contribution in [0.3, 0.4) is 0 Å². The van der Waals surface area contributed by atoms with Gasteiger partial charge in [-0.3, -0.25) is 0 Å². The second-order valence-corrected chi connectivity index (χ2v) is 5.72. The van der Waals surface area contributed by atoms with Crippen molar-refractivity contribution >= 4 is 15.9 Å². The summed E-state index contributed by atoms with van der Waals surface area (Å²) in [7, 11) is 1.53. The van der Waals surface area contributed by atoms with Gasteiger partial charge < -0.3 is 20.3 Å². The number of hydrogen-bond acceptors (Lipinski definition) is 4. The maximum Gasteiger partial charge on any atom is 0.172 e. The van der Waals surface area contributed by atoms with E-state index < -0.39 is 0 Å². The smallest absolute Gasteiger partial charge is 0.172 e. The predicted octanol–water partition coefficient (Wildman–Crippen LogP) is 2.80. The Morgan fingerprint density at radius 1 is 1.42 bits per heavy atom. The maximum atomic E-state index is 9.76. The second-order valence-electron chi connectivity index (χ2n) is 4.87. The van der Waals surface area contributed by atoms with E-state index in [2.05, 4.69) is 35.1 Å². The molecule has 0 bridgehead atoms. The van der Waals surface area contributed by atoms with E-state index in [1.807, 2.05) is 12.1 Å². The summed E-state index contributed by atoms with van der Waals surface area (Å²) in [5.74, 6) is 0.561. The highest BCUT2D eigenvalue weighted by Crippen LogP contribution is 2.35. The predicted molar refractivity (Wildman–Crippen MR) is 79.6 cm³/mol. The van der Waals surface area contributed by atoms with Crippen molar-refractivity contribution in [3.63, 3.8) is 0 Å². The van der Waals surface area contributed by atoms with Gasteiger partial charge in [0.1, 0.15) is 0 Å². The molecular formula is C14H22BrNO3. The van der Waals surface area contributed by atoms with E-state index >= 15 is 0 Å². The molecule has 0 aromatic heterocycles. The first-order chi connectivity index (χ1) is 8.95. The number of nitrogens with one attached hydrogen (secondary N) is 1. The lowest BCUT2D eigenvalue weighted by atomic mass is 9.94. The first-order valence-corrected chi connectivity index (χ1v) is 7.16. The summed E-state index contributed by atoms with van der Waals surface area (Å²) in [6.07, 6.45) is 1.64. The van der Waals surface area contributed by atoms with Gasteiger partial charge in [0.25, 0.3) is 0 Å². The van der Waals surface area contributed by atoms with Gasteiger partial charge in [-0.05, 0) is 53.4 Å². The van der Waals surface area contributed by atoms with Gasteiger partial charge in [-0.1, -0.05) is 6.92 Å². The molecule has 0 saturated heterocycles. The van der Waals surface area contributed by atoms with Crippen molar-refractivity contribution in [3.8, 4) is 11.5 Å². The molecule has 0 saturated carbocycles. The lowest BCUT2D eigenvalue weighted by Gasteiger charge is -2.29. The quantitative estimate of drug-likeness (QED) is 0.719. The van der Waals surface area contributed by atoms with Crippen molar-refractivity contribution in [2.75, 3.05) is 13.7 Å². The molecule has 0 aliphatic heterocycles. The van der Waals surface area contributed by atoms with Gasteiger partial charge in [-0.2, -0.15) is 0 Å². The number of ether oxygens (including phenoxy) is 1. The van der Waals surface area contributed by atoms with Gasteiger partial charge in [-0.15, -0.1) is 0 Å². The summed E-state index contributed by atoms with van der Waals surface area (Å²) < 4.78 is 5.74. The minimum Gasteiger partial charge on any atom is -0.503 e. The Morgan fingerprint density at radius 3 is 2.63 bits per heavy atom. The largest absolute Gasteiger partial charge is 0.503 e. The molecule has 3 N–H and O–H groups in total. The monoisotopic (exact) mass is 331 g/mol. The summed E-state index contributed by atoms with van der Waals surface area (Å²) in [6, 6.07) is 3.67. The first kappa shape index (κ1) is 16.3. The Labute approximate surface area is 122 Å². The number of phenols is 1. The Hall–Kier alpha value is -0.780. The lowest BCUT2D eigenvalue weighted by molar-refractivity contribution is 0.214. The van der Waals surface area contributed by atoms with Crippen molar-refractivity contribution < 1.29 is 14.9 Å². The summed E-state index contributed by atoms with van der Waals surface area (Å²) >= 11 is 3.31. The Balaban J connectivity index is 2.80. The van der Waals surface area contributed by atoms with Gasteiger partial charge in [0, 0.05) is 18.7 Å². The zero-order valence-corrected chi connectivity index (χ0v) is 13.2. The number of aliphatic hydroxyl groups is 1. The van der Waals surface area contributed by atoms with Gasteiger partial charge in [0.2, 0.25) is 0 Å². The third-order valence-corrected chi connectivity index (χ3v) is 4.08. The lowest BCUT2D eigenvalue weighted by Crippen LogP contribution is -2.42. The van der Waals surface area contributed by atoms with Gasteiger partial charge >= 0.3 is 0 Å². The van der Waals surface area contributed by atoms with E-state index in [0.717, 1.165) is 12.0 Å².